The summed E-state index contributed by atoms with van der Waals surface area (Å²) in [5, 5.41) is 26.2. The number of carbonyl (C=O) groups is 1. The molecular formula is C24H13F3N6O4S. The standard InChI is InChI=1S/C24H13F3N6O4S/c25-24(26,27)15-6-7-19(18(11-15)33(35)36)37-16-5-1-3-13(9-16)10-17-20(28)32-23(30-21(17)34)38-22(31-32)14-4-2-8-29-12-14/h1-12,28H/b17-10-,28-20?. The zero-order valence-electron chi connectivity index (χ0n) is 18.8. The monoisotopic (exact) mass is 538 g/mol. The molecule has 2 aliphatic heterocycles. The van der Waals surface area contributed by atoms with E-state index in [0.29, 0.717) is 28.3 Å². The molecule has 0 spiro atoms. The Labute approximate surface area is 215 Å². The Kier molecular flexibility index (Phi) is 6.24. The number of benzene rings is 2. The molecule has 0 bridgehead atoms. The number of hydrogen-bond acceptors (Lipinski definition) is 8. The maximum absolute atomic E-state index is 13.0. The first-order valence-electron chi connectivity index (χ1n) is 10.6. The number of nitrogens with one attached hydrogen (secondary N) is 1. The van der Waals surface area contributed by atoms with Crippen molar-refractivity contribution in [3.05, 3.63) is 99.4 Å². The Bertz CT molecular complexity index is 1590. The second-order valence-electron chi connectivity index (χ2n) is 7.78. The fraction of sp³-hybridized carbons (Fsp3) is 0.0417. The summed E-state index contributed by atoms with van der Waals surface area (Å²) in [6.07, 6.45) is -0.180. The van der Waals surface area contributed by atoms with Gasteiger partial charge >= 0.3 is 11.9 Å². The number of pyridine rings is 1. The van der Waals surface area contributed by atoms with Crippen molar-refractivity contribution in [1.82, 2.24) is 9.99 Å². The number of rotatable bonds is 5. The van der Waals surface area contributed by atoms with E-state index < -0.39 is 34.0 Å². The van der Waals surface area contributed by atoms with Gasteiger partial charge in [-0.05, 0) is 59.8 Å². The Morgan fingerprint density at radius 3 is 2.66 bits per heavy atom. The number of nitro benzene ring substituents is 1. The quantitative estimate of drug-likeness (QED) is 0.259. The number of ether oxygens (including phenoxy) is 1. The first-order chi connectivity index (χ1) is 18.1. The first kappa shape index (κ1) is 24.8. The van der Waals surface area contributed by atoms with Gasteiger partial charge in [0.25, 0.3) is 5.91 Å². The van der Waals surface area contributed by atoms with Gasteiger partial charge in [-0.2, -0.15) is 28.3 Å². The van der Waals surface area contributed by atoms with Crippen LogP contribution in [0.15, 0.2) is 82.7 Å². The van der Waals surface area contributed by atoms with Gasteiger partial charge in [0.05, 0.1) is 16.1 Å². The van der Waals surface area contributed by atoms with Gasteiger partial charge in [-0.25, -0.2) is 0 Å². The van der Waals surface area contributed by atoms with Crippen LogP contribution in [0.3, 0.4) is 0 Å². The molecule has 1 aromatic heterocycles. The van der Waals surface area contributed by atoms with Crippen LogP contribution in [0.25, 0.3) is 6.08 Å². The summed E-state index contributed by atoms with van der Waals surface area (Å²) in [6.45, 7) is 0. The molecule has 1 amide bonds. The average Bonchev–Trinajstić information content (AvgIpc) is 3.31. The summed E-state index contributed by atoms with van der Waals surface area (Å²) >= 11 is 1.12. The van der Waals surface area contributed by atoms with Crippen LogP contribution in [0.1, 0.15) is 16.7 Å². The lowest BCUT2D eigenvalue weighted by molar-refractivity contribution is -0.385. The molecule has 0 saturated heterocycles. The summed E-state index contributed by atoms with van der Waals surface area (Å²) in [5.74, 6) is -1.21. The fourth-order valence-corrected chi connectivity index (χ4v) is 4.36. The minimum absolute atomic E-state index is 0.0646. The number of nitrogens with zero attached hydrogens (tertiary/aromatic N) is 5. The van der Waals surface area contributed by atoms with Gasteiger partial charge in [-0.15, -0.1) is 0 Å². The van der Waals surface area contributed by atoms with Crippen molar-refractivity contribution in [3.63, 3.8) is 0 Å². The molecule has 0 unspecified atom stereocenters. The van der Waals surface area contributed by atoms with Crippen molar-refractivity contribution in [2.75, 3.05) is 0 Å². The van der Waals surface area contributed by atoms with Crippen molar-refractivity contribution >= 4 is 45.5 Å². The molecule has 14 heteroatoms. The number of fused-ring (bicyclic) bond motifs is 1. The highest BCUT2D eigenvalue weighted by Crippen LogP contribution is 2.38. The number of hydrogen-bond donors (Lipinski definition) is 1. The topological polar surface area (TPSA) is 134 Å². The molecule has 190 valence electrons. The van der Waals surface area contributed by atoms with E-state index in [4.69, 9.17) is 10.1 Å². The van der Waals surface area contributed by atoms with Crippen molar-refractivity contribution in [3.8, 4) is 11.5 Å². The predicted molar refractivity (Wildman–Crippen MR) is 133 cm³/mol. The van der Waals surface area contributed by atoms with Crippen LogP contribution in [0, 0.1) is 15.5 Å². The van der Waals surface area contributed by atoms with Crippen LogP contribution in [-0.4, -0.2) is 36.9 Å². The van der Waals surface area contributed by atoms with Gasteiger partial charge < -0.3 is 4.74 Å². The number of amides is 1. The van der Waals surface area contributed by atoms with Crippen LogP contribution < -0.4 is 4.74 Å². The van der Waals surface area contributed by atoms with Gasteiger partial charge in [0.15, 0.2) is 5.84 Å². The summed E-state index contributed by atoms with van der Waals surface area (Å²) in [7, 11) is 0. The molecule has 5 rings (SSSR count). The molecule has 0 atom stereocenters. The van der Waals surface area contributed by atoms with Gasteiger partial charge in [-0.3, -0.25) is 25.3 Å². The van der Waals surface area contributed by atoms with Crippen molar-refractivity contribution in [2.45, 2.75) is 6.18 Å². The van der Waals surface area contributed by atoms with E-state index in [9.17, 15) is 28.1 Å². The maximum atomic E-state index is 13.0. The molecule has 3 heterocycles. The Hall–Kier alpha value is -4.85. The summed E-state index contributed by atoms with van der Waals surface area (Å²) < 4.78 is 44.4. The second-order valence-corrected chi connectivity index (χ2v) is 8.73. The maximum Gasteiger partial charge on any atom is 0.416 e. The third kappa shape index (κ3) is 4.88. The molecular weight excluding hydrogens is 525 g/mol. The minimum atomic E-state index is -4.76. The van der Waals surface area contributed by atoms with E-state index in [1.807, 2.05) is 0 Å². The molecule has 0 fully saturated rings. The zero-order valence-corrected chi connectivity index (χ0v) is 19.7. The second kappa shape index (κ2) is 9.55. The van der Waals surface area contributed by atoms with E-state index >= 15 is 0 Å². The Morgan fingerprint density at radius 2 is 1.95 bits per heavy atom. The van der Waals surface area contributed by atoms with E-state index in [1.54, 1.807) is 30.6 Å². The number of aromatic nitrogens is 1. The van der Waals surface area contributed by atoms with Gasteiger partial charge in [0.2, 0.25) is 10.9 Å². The SMILES string of the molecule is N=C1/C(=C/c2cccc(Oc3ccc(C(F)(F)F)cc3[N+](=O)[O-])c2)C(=O)N=C2SC(c3cccnc3)=NN12. The van der Waals surface area contributed by atoms with Crippen LogP contribution in [0.4, 0.5) is 18.9 Å². The van der Waals surface area contributed by atoms with Gasteiger partial charge in [0, 0.05) is 24.0 Å². The largest absolute Gasteiger partial charge is 0.450 e. The Morgan fingerprint density at radius 1 is 1.13 bits per heavy atom. The zero-order chi connectivity index (χ0) is 27.0. The molecule has 2 aliphatic rings. The number of alkyl halides is 3. The van der Waals surface area contributed by atoms with Crippen LogP contribution in [-0.2, 0) is 11.0 Å². The molecule has 38 heavy (non-hydrogen) atoms. The summed E-state index contributed by atoms with van der Waals surface area (Å²) in [5.41, 5.74) is -1.03. The number of amidine groups is 2. The fourth-order valence-electron chi connectivity index (χ4n) is 3.48. The highest BCUT2D eigenvalue weighted by Gasteiger charge is 2.36. The highest BCUT2D eigenvalue weighted by atomic mass is 32.2. The third-order valence-electron chi connectivity index (χ3n) is 5.24. The lowest BCUT2D eigenvalue weighted by atomic mass is 10.1. The first-order valence-corrected chi connectivity index (χ1v) is 11.5. The number of nitro groups is 1. The predicted octanol–water partition coefficient (Wildman–Crippen LogP) is 5.47. The van der Waals surface area contributed by atoms with Crippen LogP contribution >= 0.6 is 11.8 Å². The van der Waals surface area contributed by atoms with Gasteiger partial charge in [-0.1, -0.05) is 12.1 Å². The van der Waals surface area contributed by atoms with E-state index in [1.165, 1.54) is 29.3 Å². The van der Waals surface area contributed by atoms with Gasteiger partial charge in [0.1, 0.15) is 10.8 Å². The third-order valence-corrected chi connectivity index (χ3v) is 6.20. The minimum Gasteiger partial charge on any atom is -0.450 e. The number of halogens is 3. The van der Waals surface area contributed by atoms with E-state index in [-0.39, 0.29) is 22.3 Å². The molecule has 10 nitrogen and oxygen atoms in total. The molecule has 0 aliphatic carbocycles. The average molecular weight is 538 g/mol. The normalized spacial score (nSPS) is 16.3. The summed E-state index contributed by atoms with van der Waals surface area (Å²) in [4.78, 5) is 31.1. The number of aliphatic imine (C=N–C) groups is 1. The van der Waals surface area contributed by atoms with Crippen molar-refractivity contribution < 1.29 is 27.6 Å². The number of carbonyl (C=O) groups excluding carboxylic acids is 1. The molecule has 0 radical (unpaired) electrons. The lowest BCUT2D eigenvalue weighted by Crippen LogP contribution is -2.35. The van der Waals surface area contributed by atoms with Crippen LogP contribution in [0.5, 0.6) is 11.5 Å². The van der Waals surface area contributed by atoms with E-state index in [0.717, 1.165) is 17.8 Å². The smallest absolute Gasteiger partial charge is 0.416 e. The number of hydrazone groups is 1. The van der Waals surface area contributed by atoms with E-state index in [2.05, 4.69) is 15.1 Å². The number of thioether (sulfide) groups is 1. The molecule has 3 aromatic rings. The molecule has 2 aromatic carbocycles. The van der Waals surface area contributed by atoms with Crippen molar-refractivity contribution in [2.24, 2.45) is 10.1 Å². The van der Waals surface area contributed by atoms with Crippen molar-refractivity contribution in [1.29, 1.82) is 5.41 Å². The highest BCUT2D eigenvalue weighted by molar-refractivity contribution is 8.27. The van der Waals surface area contributed by atoms with Crippen LogP contribution in [0.2, 0.25) is 0 Å². The lowest BCUT2D eigenvalue weighted by Gasteiger charge is -2.20. The summed E-state index contributed by atoms with van der Waals surface area (Å²) in [6, 6.07) is 11.4. The molecule has 1 N–H and O–H groups in total. The Balaban J connectivity index is 1.42. The molecule has 0 saturated carbocycles.